The largest absolute Gasteiger partial charge is 0.373 e. The van der Waals surface area contributed by atoms with Gasteiger partial charge < -0.3 is 10.6 Å². The van der Waals surface area contributed by atoms with Crippen LogP contribution in [0.25, 0.3) is 0 Å². The summed E-state index contributed by atoms with van der Waals surface area (Å²) < 4.78 is 0. The van der Waals surface area contributed by atoms with Gasteiger partial charge in [0.2, 0.25) is 0 Å². The Balaban J connectivity index is 2.00. The van der Waals surface area contributed by atoms with Crippen molar-refractivity contribution in [1.82, 2.24) is 0 Å². The van der Waals surface area contributed by atoms with E-state index in [0.717, 1.165) is 6.54 Å². The predicted molar refractivity (Wildman–Crippen MR) is 71.0 cm³/mol. The fraction of sp³-hybridized carbons (Fsp3) is 0.231. The highest BCUT2D eigenvalue weighted by Gasteiger charge is 2.10. The third-order valence-corrected chi connectivity index (χ3v) is 3.58. The smallest absolute Gasteiger partial charge is 0.0567 e. The van der Waals surface area contributed by atoms with Crippen LogP contribution in [0.15, 0.2) is 47.8 Å². The number of para-hydroxylation sites is 1. The molecule has 1 atom stereocenters. The molecule has 0 amide bonds. The first-order valence-electron chi connectivity index (χ1n) is 5.32. The minimum absolute atomic E-state index is 0.0882. The predicted octanol–water partition coefficient (Wildman–Crippen LogP) is 2.88. The number of nitrogens with two attached hydrogens (primary N) is 1. The second kappa shape index (κ2) is 5.14. The van der Waals surface area contributed by atoms with Gasteiger partial charge in [-0.1, -0.05) is 24.3 Å². The van der Waals surface area contributed by atoms with Crippen molar-refractivity contribution in [1.29, 1.82) is 0 Å². The Morgan fingerprint density at radius 2 is 1.94 bits per heavy atom. The summed E-state index contributed by atoms with van der Waals surface area (Å²) in [5.41, 5.74) is 7.35. The lowest BCUT2D eigenvalue weighted by Gasteiger charge is -2.22. The highest BCUT2D eigenvalue weighted by atomic mass is 32.1. The Kier molecular flexibility index (Phi) is 3.59. The molecule has 0 fully saturated rings. The van der Waals surface area contributed by atoms with Crippen LogP contribution in [0.5, 0.6) is 0 Å². The van der Waals surface area contributed by atoms with Crippen molar-refractivity contribution in [2.45, 2.75) is 6.04 Å². The van der Waals surface area contributed by atoms with Gasteiger partial charge in [-0.25, -0.2) is 0 Å². The Morgan fingerprint density at radius 3 is 2.56 bits per heavy atom. The molecule has 1 heterocycles. The molecule has 0 saturated heterocycles. The average Bonchev–Trinajstić information content (AvgIpc) is 2.83. The van der Waals surface area contributed by atoms with Crippen molar-refractivity contribution in [2.75, 3.05) is 18.5 Å². The summed E-state index contributed by atoms with van der Waals surface area (Å²) in [5, 5.41) is 2.07. The van der Waals surface area contributed by atoms with E-state index in [1.54, 1.807) is 11.3 Å². The first kappa shape index (κ1) is 11.2. The molecule has 0 aliphatic rings. The van der Waals surface area contributed by atoms with Gasteiger partial charge in [-0.2, -0.15) is 0 Å². The molecule has 0 bridgehead atoms. The molecule has 16 heavy (non-hydrogen) atoms. The Bertz CT molecular complexity index is 411. The van der Waals surface area contributed by atoms with Crippen LogP contribution in [-0.2, 0) is 0 Å². The van der Waals surface area contributed by atoms with E-state index < -0.39 is 0 Å². The molecule has 84 valence electrons. The van der Waals surface area contributed by atoms with Crippen molar-refractivity contribution in [3.05, 3.63) is 52.7 Å². The summed E-state index contributed by atoms with van der Waals surface area (Å²) in [6, 6.07) is 14.5. The van der Waals surface area contributed by atoms with E-state index in [2.05, 4.69) is 35.5 Å². The molecule has 1 aromatic carbocycles. The number of nitrogens with zero attached hydrogens (tertiary/aromatic N) is 1. The van der Waals surface area contributed by atoms with Gasteiger partial charge in [0.25, 0.3) is 0 Å². The quantitative estimate of drug-likeness (QED) is 0.878. The van der Waals surface area contributed by atoms with E-state index in [9.17, 15) is 0 Å². The number of likely N-dealkylation sites (N-methyl/N-ethyl adjacent to an activating group) is 1. The van der Waals surface area contributed by atoms with Crippen LogP contribution in [0.4, 0.5) is 5.69 Å². The highest BCUT2D eigenvalue weighted by molar-refractivity contribution is 7.10. The van der Waals surface area contributed by atoms with Crippen molar-refractivity contribution < 1.29 is 0 Å². The Morgan fingerprint density at radius 1 is 1.19 bits per heavy atom. The number of thiophene rings is 1. The Hall–Kier alpha value is -1.32. The summed E-state index contributed by atoms with van der Waals surface area (Å²) in [5.74, 6) is 0. The van der Waals surface area contributed by atoms with Gasteiger partial charge in [-0.05, 0) is 23.6 Å². The SMILES string of the molecule is CN(CC(N)c1cccs1)c1ccccc1. The summed E-state index contributed by atoms with van der Waals surface area (Å²) in [7, 11) is 2.07. The molecule has 2 nitrogen and oxygen atoms in total. The first-order chi connectivity index (χ1) is 7.77. The molecule has 0 spiro atoms. The lowest BCUT2D eigenvalue weighted by molar-refractivity contribution is 0.715. The van der Waals surface area contributed by atoms with E-state index in [-0.39, 0.29) is 6.04 Å². The zero-order valence-corrected chi connectivity index (χ0v) is 10.2. The van der Waals surface area contributed by atoms with Crippen molar-refractivity contribution in [3.8, 4) is 0 Å². The third-order valence-electron chi connectivity index (χ3n) is 2.58. The monoisotopic (exact) mass is 232 g/mol. The minimum atomic E-state index is 0.0882. The second-order valence-corrected chi connectivity index (χ2v) is 4.82. The van der Waals surface area contributed by atoms with Gasteiger partial charge in [0.05, 0.1) is 6.04 Å². The molecule has 2 aromatic rings. The fourth-order valence-corrected chi connectivity index (χ4v) is 2.40. The zero-order valence-electron chi connectivity index (χ0n) is 9.34. The summed E-state index contributed by atoms with van der Waals surface area (Å²) in [6.07, 6.45) is 0. The molecular formula is C13H16N2S. The normalized spacial score (nSPS) is 12.4. The van der Waals surface area contributed by atoms with Crippen LogP contribution in [-0.4, -0.2) is 13.6 Å². The zero-order chi connectivity index (χ0) is 11.4. The molecule has 0 aliphatic heterocycles. The van der Waals surface area contributed by atoms with Gasteiger partial charge in [0, 0.05) is 24.2 Å². The molecule has 1 unspecified atom stereocenters. The van der Waals surface area contributed by atoms with Gasteiger partial charge in [-0.15, -0.1) is 11.3 Å². The van der Waals surface area contributed by atoms with Gasteiger partial charge in [-0.3, -0.25) is 0 Å². The maximum atomic E-state index is 6.15. The minimum Gasteiger partial charge on any atom is -0.373 e. The van der Waals surface area contributed by atoms with Crippen LogP contribution in [0.1, 0.15) is 10.9 Å². The molecule has 1 aromatic heterocycles. The van der Waals surface area contributed by atoms with E-state index in [1.807, 2.05) is 24.3 Å². The molecule has 0 radical (unpaired) electrons. The van der Waals surface area contributed by atoms with Crippen molar-refractivity contribution in [3.63, 3.8) is 0 Å². The maximum Gasteiger partial charge on any atom is 0.0567 e. The summed E-state index contributed by atoms with van der Waals surface area (Å²) in [4.78, 5) is 3.42. The fourth-order valence-electron chi connectivity index (χ4n) is 1.68. The van der Waals surface area contributed by atoms with Crippen LogP contribution < -0.4 is 10.6 Å². The van der Waals surface area contributed by atoms with E-state index in [0.29, 0.717) is 0 Å². The van der Waals surface area contributed by atoms with Gasteiger partial charge in [0.15, 0.2) is 0 Å². The van der Waals surface area contributed by atoms with E-state index in [1.165, 1.54) is 10.6 Å². The topological polar surface area (TPSA) is 29.3 Å². The van der Waals surface area contributed by atoms with Crippen LogP contribution in [0, 0.1) is 0 Å². The summed E-state index contributed by atoms with van der Waals surface area (Å²) in [6.45, 7) is 0.838. The molecule has 3 heteroatoms. The number of rotatable bonds is 4. The number of hydrogen-bond acceptors (Lipinski definition) is 3. The summed E-state index contributed by atoms with van der Waals surface area (Å²) >= 11 is 1.72. The van der Waals surface area contributed by atoms with Gasteiger partial charge in [0.1, 0.15) is 0 Å². The average molecular weight is 232 g/mol. The standard InChI is InChI=1S/C13H16N2S/c1-15(11-6-3-2-4-7-11)10-12(14)13-8-5-9-16-13/h2-9,12H,10,14H2,1H3. The molecule has 0 aliphatic carbocycles. The lowest BCUT2D eigenvalue weighted by atomic mass is 10.2. The highest BCUT2D eigenvalue weighted by Crippen LogP contribution is 2.20. The molecular weight excluding hydrogens is 216 g/mol. The lowest BCUT2D eigenvalue weighted by Crippen LogP contribution is -2.28. The number of hydrogen-bond donors (Lipinski definition) is 1. The molecule has 0 saturated carbocycles. The van der Waals surface area contributed by atoms with E-state index >= 15 is 0 Å². The molecule has 2 rings (SSSR count). The van der Waals surface area contributed by atoms with Crippen LogP contribution >= 0.6 is 11.3 Å². The van der Waals surface area contributed by atoms with Crippen LogP contribution in [0.2, 0.25) is 0 Å². The third kappa shape index (κ3) is 2.62. The first-order valence-corrected chi connectivity index (χ1v) is 6.20. The molecule has 2 N–H and O–H groups in total. The van der Waals surface area contributed by atoms with Crippen molar-refractivity contribution in [2.24, 2.45) is 5.73 Å². The number of anilines is 1. The van der Waals surface area contributed by atoms with Crippen molar-refractivity contribution >= 4 is 17.0 Å². The van der Waals surface area contributed by atoms with Gasteiger partial charge >= 0.3 is 0 Å². The maximum absolute atomic E-state index is 6.15. The van der Waals surface area contributed by atoms with E-state index in [4.69, 9.17) is 5.73 Å². The number of benzene rings is 1. The van der Waals surface area contributed by atoms with Crippen LogP contribution in [0.3, 0.4) is 0 Å². The second-order valence-electron chi connectivity index (χ2n) is 3.84. The Labute approximate surface area is 100 Å².